The third-order valence-electron chi connectivity index (χ3n) is 5.02. The second kappa shape index (κ2) is 11.2. The van der Waals surface area contributed by atoms with Gasteiger partial charge in [0.1, 0.15) is 11.4 Å². The van der Waals surface area contributed by atoms with Gasteiger partial charge in [0, 0.05) is 45.3 Å². The van der Waals surface area contributed by atoms with Crippen LogP contribution in [0.1, 0.15) is 37.5 Å². The molecule has 1 aliphatic heterocycles. The molecule has 6 heteroatoms. The monoisotopic (exact) mass is 424 g/mol. The Bertz CT molecular complexity index is 855. The number of nitrogens with one attached hydrogen (secondary N) is 2. The summed E-state index contributed by atoms with van der Waals surface area (Å²) in [4.78, 5) is 6.81. The van der Waals surface area contributed by atoms with Crippen molar-refractivity contribution in [2.75, 3.05) is 33.4 Å². The zero-order valence-corrected chi connectivity index (χ0v) is 19.3. The third-order valence-corrected chi connectivity index (χ3v) is 5.02. The minimum absolute atomic E-state index is 0.234. The van der Waals surface area contributed by atoms with Crippen molar-refractivity contribution in [2.45, 2.75) is 46.0 Å². The Kier molecular flexibility index (Phi) is 8.32. The minimum Gasteiger partial charge on any atom is -0.488 e. The Labute approximate surface area is 186 Å². The highest BCUT2D eigenvalue weighted by atomic mass is 16.5. The lowest BCUT2D eigenvalue weighted by molar-refractivity contribution is 0.0342. The predicted octanol–water partition coefficient (Wildman–Crippen LogP) is 3.56. The Morgan fingerprint density at radius 1 is 1.00 bits per heavy atom. The highest BCUT2D eigenvalue weighted by molar-refractivity contribution is 5.79. The summed E-state index contributed by atoms with van der Waals surface area (Å²) < 4.78 is 11.5. The van der Waals surface area contributed by atoms with Crippen molar-refractivity contribution < 1.29 is 9.47 Å². The standard InChI is InChI=1S/C25H36N4O2/c1-25(2,3)31-23-11-6-5-10-22(23)18-28-24(26-4)27-17-20-8-7-9-21(16-20)19-29-12-14-30-15-13-29/h5-11,16H,12-15,17-19H2,1-4H3,(H2,26,27,28). The summed E-state index contributed by atoms with van der Waals surface area (Å²) in [7, 11) is 1.79. The lowest BCUT2D eigenvalue weighted by atomic mass is 10.1. The molecule has 1 fully saturated rings. The molecule has 2 aromatic rings. The van der Waals surface area contributed by atoms with Crippen LogP contribution in [0.5, 0.6) is 5.75 Å². The molecule has 0 unspecified atom stereocenters. The number of morpholine rings is 1. The van der Waals surface area contributed by atoms with Gasteiger partial charge in [0.2, 0.25) is 0 Å². The van der Waals surface area contributed by atoms with Gasteiger partial charge in [0.05, 0.1) is 13.2 Å². The number of ether oxygens (including phenoxy) is 2. The van der Waals surface area contributed by atoms with Crippen molar-refractivity contribution in [3.63, 3.8) is 0 Å². The molecule has 1 aliphatic rings. The lowest BCUT2D eigenvalue weighted by Crippen LogP contribution is -2.37. The molecule has 1 heterocycles. The van der Waals surface area contributed by atoms with Gasteiger partial charge in [-0.1, -0.05) is 42.5 Å². The maximum Gasteiger partial charge on any atom is 0.191 e. The van der Waals surface area contributed by atoms with E-state index in [-0.39, 0.29) is 5.60 Å². The van der Waals surface area contributed by atoms with Crippen LogP contribution in [0.15, 0.2) is 53.5 Å². The van der Waals surface area contributed by atoms with E-state index < -0.39 is 0 Å². The number of nitrogens with zero attached hydrogens (tertiary/aromatic N) is 2. The summed E-state index contributed by atoms with van der Waals surface area (Å²) in [5.74, 6) is 1.66. The van der Waals surface area contributed by atoms with Gasteiger partial charge in [-0.25, -0.2) is 0 Å². The van der Waals surface area contributed by atoms with Gasteiger partial charge >= 0.3 is 0 Å². The first-order valence-electron chi connectivity index (χ1n) is 11.0. The average molecular weight is 425 g/mol. The summed E-state index contributed by atoms with van der Waals surface area (Å²) in [5.41, 5.74) is 3.44. The first-order chi connectivity index (χ1) is 14.9. The largest absolute Gasteiger partial charge is 0.488 e. The number of aliphatic imine (C=N–C) groups is 1. The molecule has 0 aromatic heterocycles. The lowest BCUT2D eigenvalue weighted by Gasteiger charge is -2.26. The number of hydrogen-bond donors (Lipinski definition) is 2. The zero-order valence-electron chi connectivity index (χ0n) is 19.3. The van der Waals surface area contributed by atoms with Crippen molar-refractivity contribution in [1.29, 1.82) is 0 Å². The number of rotatable bonds is 7. The van der Waals surface area contributed by atoms with Gasteiger partial charge in [-0.2, -0.15) is 0 Å². The minimum atomic E-state index is -0.234. The molecule has 6 nitrogen and oxygen atoms in total. The van der Waals surface area contributed by atoms with Crippen LogP contribution in [0.25, 0.3) is 0 Å². The molecule has 0 amide bonds. The smallest absolute Gasteiger partial charge is 0.191 e. The molecule has 1 saturated heterocycles. The molecule has 168 valence electrons. The van der Waals surface area contributed by atoms with Crippen molar-refractivity contribution in [2.24, 2.45) is 4.99 Å². The van der Waals surface area contributed by atoms with Crippen molar-refractivity contribution >= 4 is 5.96 Å². The second-order valence-corrected chi connectivity index (χ2v) is 8.81. The number of hydrogen-bond acceptors (Lipinski definition) is 4. The van der Waals surface area contributed by atoms with Gasteiger partial charge in [-0.3, -0.25) is 9.89 Å². The fourth-order valence-corrected chi connectivity index (χ4v) is 3.52. The van der Waals surface area contributed by atoms with E-state index in [9.17, 15) is 0 Å². The topological polar surface area (TPSA) is 58.1 Å². The van der Waals surface area contributed by atoms with Crippen molar-refractivity contribution in [3.05, 3.63) is 65.2 Å². The number of benzene rings is 2. The maximum atomic E-state index is 6.09. The van der Waals surface area contributed by atoms with Crippen LogP contribution in [0.4, 0.5) is 0 Å². The molecule has 0 radical (unpaired) electrons. The third kappa shape index (κ3) is 7.89. The number of guanidine groups is 1. The van der Waals surface area contributed by atoms with Crippen LogP contribution >= 0.6 is 0 Å². The van der Waals surface area contributed by atoms with Gasteiger partial charge < -0.3 is 20.1 Å². The highest BCUT2D eigenvalue weighted by Gasteiger charge is 2.14. The average Bonchev–Trinajstić information content (AvgIpc) is 2.75. The molecule has 2 N–H and O–H groups in total. The molecule has 0 saturated carbocycles. The van der Waals surface area contributed by atoms with Crippen molar-refractivity contribution in [3.8, 4) is 5.75 Å². The van der Waals surface area contributed by atoms with E-state index in [1.54, 1.807) is 7.05 Å². The Hall–Kier alpha value is -2.57. The Morgan fingerprint density at radius 3 is 2.45 bits per heavy atom. The quantitative estimate of drug-likeness (QED) is 0.526. The van der Waals surface area contributed by atoms with E-state index in [0.717, 1.165) is 56.7 Å². The van der Waals surface area contributed by atoms with Gasteiger partial charge in [-0.05, 0) is 38.0 Å². The molecule has 0 aliphatic carbocycles. The van der Waals surface area contributed by atoms with Gasteiger partial charge in [0.25, 0.3) is 0 Å². The van der Waals surface area contributed by atoms with Crippen LogP contribution in [0, 0.1) is 0 Å². The summed E-state index contributed by atoms with van der Waals surface area (Å²) in [6.45, 7) is 12.2. The van der Waals surface area contributed by atoms with E-state index in [4.69, 9.17) is 9.47 Å². The normalized spacial score (nSPS) is 15.5. The molecular formula is C25H36N4O2. The van der Waals surface area contributed by atoms with Crippen molar-refractivity contribution in [1.82, 2.24) is 15.5 Å². The van der Waals surface area contributed by atoms with E-state index >= 15 is 0 Å². The van der Waals surface area contributed by atoms with Gasteiger partial charge in [0.15, 0.2) is 5.96 Å². The molecular weight excluding hydrogens is 388 g/mol. The second-order valence-electron chi connectivity index (χ2n) is 8.81. The molecule has 0 spiro atoms. The predicted molar refractivity (Wildman–Crippen MR) is 126 cm³/mol. The first kappa shape index (κ1) is 23.1. The molecule has 0 bridgehead atoms. The fourth-order valence-electron chi connectivity index (χ4n) is 3.52. The molecule has 0 atom stereocenters. The van der Waals surface area contributed by atoms with E-state index in [1.165, 1.54) is 11.1 Å². The summed E-state index contributed by atoms with van der Waals surface area (Å²) >= 11 is 0. The molecule has 2 aromatic carbocycles. The van der Waals surface area contributed by atoms with E-state index in [0.29, 0.717) is 6.54 Å². The summed E-state index contributed by atoms with van der Waals surface area (Å²) in [6, 6.07) is 16.9. The van der Waals surface area contributed by atoms with Crippen LogP contribution in [0.2, 0.25) is 0 Å². The maximum absolute atomic E-state index is 6.09. The Balaban J connectivity index is 1.53. The summed E-state index contributed by atoms with van der Waals surface area (Å²) in [6.07, 6.45) is 0. The molecule has 3 rings (SSSR count). The zero-order chi connectivity index (χ0) is 22.1. The first-order valence-corrected chi connectivity index (χ1v) is 11.0. The van der Waals surface area contributed by atoms with Crippen LogP contribution < -0.4 is 15.4 Å². The summed E-state index contributed by atoms with van der Waals surface area (Å²) in [5, 5.41) is 6.82. The van der Waals surface area contributed by atoms with E-state index in [2.05, 4.69) is 71.6 Å². The van der Waals surface area contributed by atoms with Crippen LogP contribution in [0.3, 0.4) is 0 Å². The Morgan fingerprint density at radius 2 is 1.71 bits per heavy atom. The van der Waals surface area contributed by atoms with Crippen LogP contribution in [-0.4, -0.2) is 49.8 Å². The number of para-hydroxylation sites is 1. The SMILES string of the molecule is CN=C(NCc1cccc(CN2CCOCC2)c1)NCc1ccccc1OC(C)(C)C. The van der Waals surface area contributed by atoms with E-state index in [1.807, 2.05) is 18.2 Å². The van der Waals surface area contributed by atoms with Gasteiger partial charge in [-0.15, -0.1) is 0 Å². The molecule has 31 heavy (non-hydrogen) atoms. The highest BCUT2D eigenvalue weighted by Crippen LogP contribution is 2.22. The van der Waals surface area contributed by atoms with Crippen LogP contribution in [-0.2, 0) is 24.4 Å². The fraction of sp³-hybridized carbons (Fsp3) is 0.480.